The molecule has 0 spiro atoms. The third kappa shape index (κ3) is 5.27. The number of aryl methyl sites for hydroxylation is 1. The number of aromatic nitrogens is 4. The summed E-state index contributed by atoms with van der Waals surface area (Å²) >= 11 is 0. The third-order valence-corrected chi connectivity index (χ3v) is 5.33. The fraction of sp³-hybridized carbons (Fsp3) is 0.650. The Bertz CT molecular complexity index is 664. The fourth-order valence-electron chi connectivity index (χ4n) is 3.27. The SMILES string of the molecule is CCC(CC)CCCCc1cn(-c2cncc(OCC3CCN3)c2)nn1. The molecule has 0 radical (unpaired) electrons. The zero-order chi connectivity index (χ0) is 18.2. The van der Waals surface area contributed by atoms with Crippen molar-refractivity contribution in [3.8, 4) is 11.4 Å². The molecule has 1 aliphatic rings. The molecule has 0 saturated carbocycles. The number of ether oxygens (including phenoxy) is 1. The van der Waals surface area contributed by atoms with Crippen molar-refractivity contribution in [1.29, 1.82) is 0 Å². The van der Waals surface area contributed by atoms with Crippen LogP contribution in [0.25, 0.3) is 5.69 Å². The zero-order valence-corrected chi connectivity index (χ0v) is 16.0. The molecule has 0 aliphatic carbocycles. The van der Waals surface area contributed by atoms with Crippen LogP contribution in [0.2, 0.25) is 0 Å². The van der Waals surface area contributed by atoms with Gasteiger partial charge in [0.25, 0.3) is 0 Å². The quantitative estimate of drug-likeness (QED) is 0.623. The number of hydrogen-bond acceptors (Lipinski definition) is 5. The van der Waals surface area contributed by atoms with E-state index in [0.29, 0.717) is 12.6 Å². The predicted molar refractivity (Wildman–Crippen MR) is 103 cm³/mol. The van der Waals surface area contributed by atoms with Crippen LogP contribution in [0.1, 0.15) is 58.1 Å². The van der Waals surface area contributed by atoms with E-state index in [0.717, 1.165) is 36.0 Å². The number of rotatable bonds is 11. The molecule has 3 heterocycles. The van der Waals surface area contributed by atoms with Crippen molar-refractivity contribution >= 4 is 0 Å². The van der Waals surface area contributed by atoms with Crippen LogP contribution in [-0.4, -0.2) is 39.2 Å². The maximum absolute atomic E-state index is 5.82. The van der Waals surface area contributed by atoms with Crippen LogP contribution in [0.3, 0.4) is 0 Å². The zero-order valence-electron chi connectivity index (χ0n) is 16.0. The fourth-order valence-corrected chi connectivity index (χ4v) is 3.27. The van der Waals surface area contributed by atoms with Crippen LogP contribution in [-0.2, 0) is 6.42 Å². The Kier molecular flexibility index (Phi) is 7.00. The lowest BCUT2D eigenvalue weighted by Crippen LogP contribution is -2.46. The summed E-state index contributed by atoms with van der Waals surface area (Å²) in [5.74, 6) is 1.65. The molecule has 1 saturated heterocycles. The van der Waals surface area contributed by atoms with E-state index in [1.165, 1.54) is 38.5 Å². The molecule has 1 aliphatic heterocycles. The molecule has 1 atom stereocenters. The second-order valence-corrected chi connectivity index (χ2v) is 7.21. The van der Waals surface area contributed by atoms with Crippen molar-refractivity contribution in [1.82, 2.24) is 25.3 Å². The first-order chi connectivity index (χ1) is 12.8. The maximum atomic E-state index is 5.82. The molecule has 2 aromatic heterocycles. The first kappa shape index (κ1) is 18.8. The van der Waals surface area contributed by atoms with Crippen molar-refractivity contribution in [3.05, 3.63) is 30.4 Å². The molecule has 6 nitrogen and oxygen atoms in total. The van der Waals surface area contributed by atoms with Gasteiger partial charge in [-0.05, 0) is 31.7 Å². The van der Waals surface area contributed by atoms with Crippen LogP contribution in [0.4, 0.5) is 0 Å². The summed E-state index contributed by atoms with van der Waals surface area (Å²) in [6.07, 6.45) is 14.0. The van der Waals surface area contributed by atoms with Crippen molar-refractivity contribution < 1.29 is 4.74 Å². The minimum Gasteiger partial charge on any atom is -0.490 e. The molecule has 26 heavy (non-hydrogen) atoms. The van der Waals surface area contributed by atoms with Gasteiger partial charge in [-0.2, -0.15) is 0 Å². The number of pyridine rings is 1. The van der Waals surface area contributed by atoms with Gasteiger partial charge in [0.2, 0.25) is 0 Å². The van der Waals surface area contributed by atoms with Crippen LogP contribution < -0.4 is 10.1 Å². The molecule has 0 bridgehead atoms. The van der Waals surface area contributed by atoms with Gasteiger partial charge in [0.15, 0.2) is 0 Å². The summed E-state index contributed by atoms with van der Waals surface area (Å²) in [4.78, 5) is 4.27. The molecule has 1 fully saturated rings. The van der Waals surface area contributed by atoms with E-state index < -0.39 is 0 Å². The van der Waals surface area contributed by atoms with Gasteiger partial charge in [0.05, 0.1) is 30.0 Å². The minimum absolute atomic E-state index is 0.469. The molecule has 142 valence electrons. The van der Waals surface area contributed by atoms with Crippen LogP contribution in [0.15, 0.2) is 24.7 Å². The van der Waals surface area contributed by atoms with Gasteiger partial charge in [0.1, 0.15) is 12.4 Å². The lowest BCUT2D eigenvalue weighted by atomic mass is 9.96. The van der Waals surface area contributed by atoms with Gasteiger partial charge in [-0.1, -0.05) is 44.7 Å². The summed E-state index contributed by atoms with van der Waals surface area (Å²) < 4.78 is 7.60. The first-order valence-electron chi connectivity index (χ1n) is 10.0. The second-order valence-electron chi connectivity index (χ2n) is 7.21. The first-order valence-corrected chi connectivity index (χ1v) is 10.0. The van der Waals surface area contributed by atoms with Gasteiger partial charge in [0, 0.05) is 12.1 Å². The largest absolute Gasteiger partial charge is 0.490 e. The topological polar surface area (TPSA) is 64.9 Å². The Morgan fingerprint density at radius 1 is 1.27 bits per heavy atom. The smallest absolute Gasteiger partial charge is 0.139 e. The summed E-state index contributed by atoms with van der Waals surface area (Å²) in [6.45, 7) is 6.35. The van der Waals surface area contributed by atoms with Crippen LogP contribution >= 0.6 is 0 Å². The second kappa shape index (κ2) is 9.67. The highest BCUT2D eigenvalue weighted by atomic mass is 16.5. The van der Waals surface area contributed by atoms with E-state index in [1.807, 2.05) is 12.3 Å². The summed E-state index contributed by atoms with van der Waals surface area (Å²) in [7, 11) is 0. The monoisotopic (exact) mass is 357 g/mol. The highest BCUT2D eigenvalue weighted by Crippen LogP contribution is 2.18. The van der Waals surface area contributed by atoms with Gasteiger partial charge < -0.3 is 10.1 Å². The summed E-state index contributed by atoms with van der Waals surface area (Å²) in [6, 6.07) is 2.44. The maximum Gasteiger partial charge on any atom is 0.139 e. The Hall–Kier alpha value is -1.95. The molecular formula is C20H31N5O. The Morgan fingerprint density at radius 3 is 2.85 bits per heavy atom. The van der Waals surface area contributed by atoms with Gasteiger partial charge >= 0.3 is 0 Å². The highest BCUT2D eigenvalue weighted by molar-refractivity contribution is 5.34. The lowest BCUT2D eigenvalue weighted by molar-refractivity contribution is 0.217. The normalized spacial score (nSPS) is 16.7. The average Bonchev–Trinajstić information content (AvgIpc) is 3.10. The predicted octanol–water partition coefficient (Wildman–Crippen LogP) is 3.55. The van der Waals surface area contributed by atoms with Crippen LogP contribution in [0, 0.1) is 5.92 Å². The summed E-state index contributed by atoms with van der Waals surface area (Å²) in [5.41, 5.74) is 1.93. The highest BCUT2D eigenvalue weighted by Gasteiger charge is 2.16. The Morgan fingerprint density at radius 2 is 2.12 bits per heavy atom. The lowest BCUT2D eigenvalue weighted by Gasteiger charge is -2.27. The molecule has 2 aromatic rings. The van der Waals surface area contributed by atoms with Crippen LogP contribution in [0.5, 0.6) is 5.75 Å². The van der Waals surface area contributed by atoms with Crippen molar-refractivity contribution in [2.75, 3.05) is 13.2 Å². The van der Waals surface area contributed by atoms with Gasteiger partial charge in [-0.3, -0.25) is 4.98 Å². The number of hydrogen-bond donors (Lipinski definition) is 1. The molecule has 3 rings (SSSR count). The Labute approximate surface area is 156 Å². The van der Waals surface area contributed by atoms with Crippen molar-refractivity contribution in [2.45, 2.75) is 64.8 Å². The standard InChI is InChI=1S/C20H31N5O/c1-3-16(4-2)7-5-6-8-17-14-25(24-23-17)19-11-20(13-21-12-19)26-15-18-9-10-22-18/h11-14,16,18,22H,3-10,15H2,1-2H3. The number of nitrogens with zero attached hydrogens (tertiary/aromatic N) is 4. The Balaban J connectivity index is 1.49. The van der Waals surface area contributed by atoms with E-state index in [9.17, 15) is 0 Å². The third-order valence-electron chi connectivity index (χ3n) is 5.33. The molecule has 6 heteroatoms. The van der Waals surface area contributed by atoms with Gasteiger partial charge in [-0.25, -0.2) is 4.68 Å². The van der Waals surface area contributed by atoms with E-state index in [2.05, 4.69) is 34.5 Å². The molecule has 1 N–H and O–H groups in total. The summed E-state index contributed by atoms with van der Waals surface area (Å²) in [5, 5.41) is 11.9. The van der Waals surface area contributed by atoms with Gasteiger partial charge in [-0.15, -0.1) is 5.10 Å². The van der Waals surface area contributed by atoms with E-state index >= 15 is 0 Å². The molecular weight excluding hydrogens is 326 g/mol. The molecule has 0 aromatic carbocycles. The molecule has 0 amide bonds. The average molecular weight is 358 g/mol. The number of nitrogens with one attached hydrogen (secondary N) is 1. The van der Waals surface area contributed by atoms with E-state index in [4.69, 9.17) is 4.74 Å². The van der Waals surface area contributed by atoms with E-state index in [-0.39, 0.29) is 0 Å². The molecule has 1 unspecified atom stereocenters. The van der Waals surface area contributed by atoms with E-state index in [1.54, 1.807) is 17.1 Å². The van der Waals surface area contributed by atoms with Crippen molar-refractivity contribution in [2.24, 2.45) is 5.92 Å². The van der Waals surface area contributed by atoms with Crippen molar-refractivity contribution in [3.63, 3.8) is 0 Å². The number of unbranched alkanes of at least 4 members (excludes halogenated alkanes) is 1. The minimum atomic E-state index is 0.469.